The minimum absolute atomic E-state index is 0. The van der Waals surface area contributed by atoms with Gasteiger partial charge in [-0.05, 0) is 19.1 Å². The molecule has 86 valence electrons. The number of nitrogens with two attached hydrogens (primary N) is 1. The molecule has 2 N–H and O–H groups in total. The second kappa shape index (κ2) is 6.26. The first-order valence-electron chi connectivity index (χ1n) is 4.86. The van der Waals surface area contributed by atoms with Crippen molar-refractivity contribution in [3.8, 4) is 6.07 Å². The van der Waals surface area contributed by atoms with E-state index in [2.05, 4.69) is 0 Å². The summed E-state index contributed by atoms with van der Waals surface area (Å²) in [4.78, 5) is 11.8. The van der Waals surface area contributed by atoms with Crippen molar-refractivity contribution in [3.63, 3.8) is 0 Å². The molecule has 0 heterocycles. The average molecular weight is 239 g/mol. The van der Waals surface area contributed by atoms with Crippen LogP contribution in [0, 0.1) is 17.2 Å². The van der Waals surface area contributed by atoms with Gasteiger partial charge in [0.05, 0.1) is 11.6 Å². The lowest BCUT2D eigenvalue weighted by Crippen LogP contribution is -2.30. The molecule has 0 fully saturated rings. The second-order valence-corrected chi connectivity index (χ2v) is 3.70. The normalized spacial score (nSPS) is 13.1. The van der Waals surface area contributed by atoms with Gasteiger partial charge < -0.3 is 5.73 Å². The van der Waals surface area contributed by atoms with Gasteiger partial charge in [-0.15, -0.1) is 12.4 Å². The van der Waals surface area contributed by atoms with Gasteiger partial charge in [0.15, 0.2) is 5.78 Å². The standard InChI is InChI=1S/C12H14N2O.ClH/c1-8(9(2)14)12(15)11-5-3-10(7-13)4-6-11;/h3-6,8-9H,14H2,1-2H3;1H. The molecule has 1 aromatic carbocycles. The maximum atomic E-state index is 11.8. The third-order valence-corrected chi connectivity index (χ3v) is 2.50. The van der Waals surface area contributed by atoms with Crippen molar-refractivity contribution >= 4 is 18.2 Å². The molecule has 0 aliphatic carbocycles. The van der Waals surface area contributed by atoms with Crippen molar-refractivity contribution in [1.29, 1.82) is 5.26 Å². The van der Waals surface area contributed by atoms with Gasteiger partial charge in [0.1, 0.15) is 0 Å². The van der Waals surface area contributed by atoms with Crippen LogP contribution in [-0.2, 0) is 0 Å². The number of benzene rings is 1. The molecular formula is C12H15ClN2O. The van der Waals surface area contributed by atoms with Crippen LogP contribution in [0.2, 0.25) is 0 Å². The Kier molecular flexibility index (Phi) is 5.73. The van der Waals surface area contributed by atoms with E-state index >= 15 is 0 Å². The summed E-state index contributed by atoms with van der Waals surface area (Å²) in [5, 5.41) is 8.61. The minimum atomic E-state index is -0.196. The number of halogens is 1. The molecule has 0 saturated heterocycles. The number of Topliss-reactive ketones (excluding diaryl/α,β-unsaturated/α-hetero) is 1. The Morgan fingerprint density at radius 1 is 1.31 bits per heavy atom. The lowest BCUT2D eigenvalue weighted by molar-refractivity contribution is 0.0917. The first kappa shape index (κ1) is 14.6. The Morgan fingerprint density at radius 2 is 1.81 bits per heavy atom. The highest BCUT2D eigenvalue weighted by Gasteiger charge is 2.18. The number of carbonyl (C=O) groups is 1. The molecule has 2 atom stereocenters. The van der Waals surface area contributed by atoms with Gasteiger partial charge in [-0.25, -0.2) is 0 Å². The third-order valence-electron chi connectivity index (χ3n) is 2.50. The lowest BCUT2D eigenvalue weighted by atomic mass is 9.93. The first-order valence-corrected chi connectivity index (χ1v) is 4.86. The molecule has 1 aromatic rings. The molecule has 3 nitrogen and oxygen atoms in total. The molecule has 0 saturated carbocycles. The highest BCUT2D eigenvalue weighted by atomic mass is 35.5. The van der Waals surface area contributed by atoms with E-state index in [0.29, 0.717) is 11.1 Å². The zero-order chi connectivity index (χ0) is 11.4. The van der Waals surface area contributed by atoms with Gasteiger partial charge >= 0.3 is 0 Å². The zero-order valence-corrected chi connectivity index (χ0v) is 10.1. The van der Waals surface area contributed by atoms with Crippen molar-refractivity contribution in [1.82, 2.24) is 0 Å². The summed E-state index contributed by atoms with van der Waals surface area (Å²) in [5.41, 5.74) is 6.82. The van der Waals surface area contributed by atoms with Gasteiger partial charge in [-0.1, -0.05) is 19.1 Å². The van der Waals surface area contributed by atoms with Crippen LogP contribution in [0.5, 0.6) is 0 Å². The first-order chi connectivity index (χ1) is 7.06. The number of hydrogen-bond acceptors (Lipinski definition) is 3. The summed E-state index contributed by atoms with van der Waals surface area (Å²) in [6.07, 6.45) is 0. The molecule has 0 spiro atoms. The molecule has 0 amide bonds. The summed E-state index contributed by atoms with van der Waals surface area (Å²) < 4.78 is 0. The number of rotatable bonds is 3. The average Bonchev–Trinajstić information content (AvgIpc) is 2.27. The van der Waals surface area contributed by atoms with E-state index in [9.17, 15) is 4.79 Å². The van der Waals surface area contributed by atoms with E-state index < -0.39 is 0 Å². The third kappa shape index (κ3) is 3.34. The molecule has 2 unspecified atom stereocenters. The van der Waals surface area contributed by atoms with E-state index in [1.165, 1.54) is 0 Å². The lowest BCUT2D eigenvalue weighted by Gasteiger charge is -2.13. The molecule has 0 aromatic heterocycles. The fraction of sp³-hybridized carbons (Fsp3) is 0.333. The molecule has 0 aliphatic heterocycles. The van der Waals surface area contributed by atoms with Crippen LogP contribution in [0.1, 0.15) is 29.8 Å². The van der Waals surface area contributed by atoms with Crippen LogP contribution in [0.25, 0.3) is 0 Å². The highest BCUT2D eigenvalue weighted by molar-refractivity contribution is 5.98. The number of nitrogens with zero attached hydrogens (tertiary/aromatic N) is 1. The van der Waals surface area contributed by atoms with Crippen LogP contribution >= 0.6 is 12.4 Å². The van der Waals surface area contributed by atoms with Crippen molar-refractivity contribution in [2.45, 2.75) is 19.9 Å². The molecule has 0 bridgehead atoms. The molecular weight excluding hydrogens is 224 g/mol. The number of ketones is 1. The zero-order valence-electron chi connectivity index (χ0n) is 9.31. The van der Waals surface area contributed by atoms with Crippen LogP contribution in [0.3, 0.4) is 0 Å². The summed E-state index contributed by atoms with van der Waals surface area (Å²) in [6.45, 7) is 3.62. The van der Waals surface area contributed by atoms with Gasteiger partial charge in [-0.3, -0.25) is 4.79 Å². The van der Waals surface area contributed by atoms with Gasteiger partial charge in [0, 0.05) is 17.5 Å². The quantitative estimate of drug-likeness (QED) is 0.821. The van der Waals surface area contributed by atoms with Crippen molar-refractivity contribution in [2.24, 2.45) is 11.7 Å². The molecule has 0 aliphatic rings. The van der Waals surface area contributed by atoms with E-state index in [1.54, 1.807) is 24.3 Å². The molecule has 4 heteroatoms. The number of nitriles is 1. The highest BCUT2D eigenvalue weighted by Crippen LogP contribution is 2.12. The monoisotopic (exact) mass is 238 g/mol. The largest absolute Gasteiger partial charge is 0.327 e. The van der Waals surface area contributed by atoms with E-state index in [1.807, 2.05) is 19.9 Å². The Bertz CT molecular complexity index is 392. The van der Waals surface area contributed by atoms with Gasteiger partial charge in [-0.2, -0.15) is 5.26 Å². The SMILES string of the molecule is CC(N)C(C)C(=O)c1ccc(C#N)cc1.Cl. The summed E-state index contributed by atoms with van der Waals surface area (Å²) >= 11 is 0. The maximum absolute atomic E-state index is 11.8. The smallest absolute Gasteiger partial charge is 0.167 e. The fourth-order valence-corrected chi connectivity index (χ4v) is 1.21. The van der Waals surface area contributed by atoms with Crippen molar-refractivity contribution < 1.29 is 4.79 Å². The van der Waals surface area contributed by atoms with E-state index in [0.717, 1.165) is 0 Å². The molecule has 0 radical (unpaired) electrons. The summed E-state index contributed by atoms with van der Waals surface area (Å²) in [6, 6.07) is 8.46. The van der Waals surface area contributed by atoms with Crippen LogP contribution in [0.15, 0.2) is 24.3 Å². The maximum Gasteiger partial charge on any atom is 0.167 e. The molecule has 1 rings (SSSR count). The van der Waals surface area contributed by atoms with Gasteiger partial charge in [0.2, 0.25) is 0 Å². The van der Waals surface area contributed by atoms with Crippen LogP contribution < -0.4 is 5.73 Å². The van der Waals surface area contributed by atoms with Gasteiger partial charge in [0.25, 0.3) is 0 Å². The number of hydrogen-bond donors (Lipinski definition) is 1. The Hall–Kier alpha value is -1.37. The van der Waals surface area contributed by atoms with E-state index in [-0.39, 0.29) is 30.2 Å². The predicted molar refractivity (Wildman–Crippen MR) is 65.5 cm³/mol. The Morgan fingerprint density at radius 3 is 2.19 bits per heavy atom. The fourth-order valence-electron chi connectivity index (χ4n) is 1.21. The van der Waals surface area contributed by atoms with E-state index in [4.69, 9.17) is 11.0 Å². The Labute approximate surface area is 102 Å². The van der Waals surface area contributed by atoms with Crippen LogP contribution in [0.4, 0.5) is 0 Å². The predicted octanol–water partition coefficient (Wildman–Crippen LogP) is 2.15. The topological polar surface area (TPSA) is 66.9 Å². The summed E-state index contributed by atoms with van der Waals surface area (Å²) in [7, 11) is 0. The Balaban J connectivity index is 0.00000225. The second-order valence-electron chi connectivity index (χ2n) is 3.70. The van der Waals surface area contributed by atoms with Crippen molar-refractivity contribution in [3.05, 3.63) is 35.4 Å². The number of carbonyl (C=O) groups excluding carboxylic acids is 1. The molecule has 16 heavy (non-hydrogen) atoms. The van der Waals surface area contributed by atoms with Crippen molar-refractivity contribution in [2.75, 3.05) is 0 Å². The minimum Gasteiger partial charge on any atom is -0.327 e. The summed E-state index contributed by atoms with van der Waals surface area (Å²) in [5.74, 6) is -0.174. The van der Waals surface area contributed by atoms with Crippen LogP contribution in [-0.4, -0.2) is 11.8 Å².